The summed E-state index contributed by atoms with van der Waals surface area (Å²) >= 11 is 0. The van der Waals surface area contributed by atoms with Crippen molar-refractivity contribution >= 4 is 5.69 Å². The van der Waals surface area contributed by atoms with Crippen molar-refractivity contribution in [2.75, 3.05) is 37.7 Å². The molecule has 2 saturated heterocycles. The molecule has 1 aromatic rings. The maximum absolute atomic E-state index is 5.58. The van der Waals surface area contributed by atoms with Gasteiger partial charge in [0.05, 0.1) is 6.61 Å². The molecule has 1 atom stereocenters. The number of ether oxygens (including phenoxy) is 1. The van der Waals surface area contributed by atoms with E-state index in [-0.39, 0.29) is 0 Å². The topological polar surface area (TPSA) is 15.7 Å². The van der Waals surface area contributed by atoms with E-state index < -0.39 is 0 Å². The number of piperidine rings is 1. The number of para-hydroxylation sites is 1. The van der Waals surface area contributed by atoms with Gasteiger partial charge >= 0.3 is 0 Å². The molecular formula is C19H28N2O. The first-order valence-electron chi connectivity index (χ1n) is 8.88. The van der Waals surface area contributed by atoms with E-state index in [9.17, 15) is 0 Å². The number of fused-ring (bicyclic) bond motifs is 2. The molecule has 1 aromatic carbocycles. The highest BCUT2D eigenvalue weighted by Crippen LogP contribution is 2.47. The van der Waals surface area contributed by atoms with Crippen LogP contribution >= 0.6 is 0 Å². The molecule has 4 rings (SSSR count). The summed E-state index contributed by atoms with van der Waals surface area (Å²) in [5.74, 6) is 0. The monoisotopic (exact) mass is 300 g/mol. The lowest BCUT2D eigenvalue weighted by Gasteiger charge is -2.42. The number of hydrogen-bond acceptors (Lipinski definition) is 3. The summed E-state index contributed by atoms with van der Waals surface area (Å²) in [4.78, 5) is 5.29. The molecule has 0 radical (unpaired) electrons. The first-order chi connectivity index (χ1) is 10.7. The van der Waals surface area contributed by atoms with Crippen LogP contribution in [-0.4, -0.2) is 49.8 Å². The lowest BCUT2D eigenvalue weighted by atomic mass is 9.74. The van der Waals surface area contributed by atoms with Gasteiger partial charge < -0.3 is 9.64 Å². The third-order valence-electron chi connectivity index (χ3n) is 6.06. The first kappa shape index (κ1) is 14.5. The van der Waals surface area contributed by atoms with Crippen LogP contribution in [0.5, 0.6) is 0 Å². The molecule has 0 aliphatic carbocycles. The maximum Gasteiger partial charge on any atom is 0.0622 e. The second-order valence-electron chi connectivity index (χ2n) is 7.57. The average molecular weight is 300 g/mol. The van der Waals surface area contributed by atoms with Crippen molar-refractivity contribution in [2.45, 2.75) is 50.6 Å². The van der Waals surface area contributed by atoms with E-state index in [1.807, 2.05) is 0 Å². The summed E-state index contributed by atoms with van der Waals surface area (Å²) in [7, 11) is 0. The molecule has 3 nitrogen and oxygen atoms in total. The van der Waals surface area contributed by atoms with Gasteiger partial charge in [-0.2, -0.15) is 0 Å². The Kier molecular flexibility index (Phi) is 3.66. The van der Waals surface area contributed by atoms with Gasteiger partial charge in [0, 0.05) is 36.3 Å². The standard InChI is InChI=1S/C19H28N2O/c1-15(2)21-14-19(17-5-3-4-6-18(17)21)8-10-20(11-9-19)16-7-12-22-13-16/h3-6,15-16H,7-14H2,1-2H3/t16-/m1/s1. The van der Waals surface area contributed by atoms with Gasteiger partial charge in [0.2, 0.25) is 0 Å². The normalized spacial score (nSPS) is 27.8. The zero-order chi connectivity index (χ0) is 15.2. The third kappa shape index (κ3) is 2.26. The van der Waals surface area contributed by atoms with Crippen LogP contribution in [0, 0.1) is 0 Å². The van der Waals surface area contributed by atoms with Crippen LogP contribution in [0.15, 0.2) is 24.3 Å². The third-order valence-corrected chi connectivity index (χ3v) is 6.06. The Hall–Kier alpha value is -1.06. The second kappa shape index (κ2) is 5.54. The Morgan fingerprint density at radius 1 is 1.18 bits per heavy atom. The molecule has 22 heavy (non-hydrogen) atoms. The fourth-order valence-corrected chi connectivity index (χ4v) is 4.68. The summed E-state index contributed by atoms with van der Waals surface area (Å²) in [6.45, 7) is 10.2. The molecule has 0 aromatic heterocycles. The summed E-state index contributed by atoms with van der Waals surface area (Å²) in [5.41, 5.74) is 3.47. The minimum absolute atomic E-state index is 0.386. The zero-order valence-corrected chi connectivity index (χ0v) is 13.9. The predicted octanol–water partition coefficient (Wildman–Crippen LogP) is 3.04. The molecular weight excluding hydrogens is 272 g/mol. The Bertz CT molecular complexity index is 528. The first-order valence-corrected chi connectivity index (χ1v) is 8.88. The molecule has 0 N–H and O–H groups in total. The predicted molar refractivity (Wildman–Crippen MR) is 90.6 cm³/mol. The van der Waals surface area contributed by atoms with Gasteiger partial charge in [-0.25, -0.2) is 0 Å². The van der Waals surface area contributed by atoms with E-state index in [1.54, 1.807) is 5.56 Å². The highest BCUT2D eigenvalue weighted by atomic mass is 16.5. The molecule has 120 valence electrons. The van der Waals surface area contributed by atoms with Crippen molar-refractivity contribution < 1.29 is 4.74 Å². The van der Waals surface area contributed by atoms with Crippen molar-refractivity contribution in [3.8, 4) is 0 Å². The van der Waals surface area contributed by atoms with Crippen molar-refractivity contribution in [3.05, 3.63) is 29.8 Å². The van der Waals surface area contributed by atoms with Gasteiger partial charge in [-0.3, -0.25) is 4.90 Å². The van der Waals surface area contributed by atoms with Gasteiger partial charge in [-0.1, -0.05) is 18.2 Å². The quantitative estimate of drug-likeness (QED) is 0.835. The van der Waals surface area contributed by atoms with E-state index >= 15 is 0 Å². The van der Waals surface area contributed by atoms with Crippen LogP contribution in [0.25, 0.3) is 0 Å². The second-order valence-corrected chi connectivity index (χ2v) is 7.57. The average Bonchev–Trinajstić information content (AvgIpc) is 3.16. The zero-order valence-electron chi connectivity index (χ0n) is 13.9. The number of rotatable bonds is 2. The van der Waals surface area contributed by atoms with Gasteiger partial charge in [-0.15, -0.1) is 0 Å². The molecule has 3 aliphatic heterocycles. The van der Waals surface area contributed by atoms with Gasteiger partial charge in [0.1, 0.15) is 0 Å². The van der Waals surface area contributed by atoms with E-state index in [0.717, 1.165) is 13.2 Å². The minimum Gasteiger partial charge on any atom is -0.380 e. The van der Waals surface area contributed by atoms with Crippen LogP contribution in [-0.2, 0) is 10.2 Å². The molecule has 0 unspecified atom stereocenters. The van der Waals surface area contributed by atoms with Crippen LogP contribution in [0.2, 0.25) is 0 Å². The summed E-state index contributed by atoms with van der Waals surface area (Å²) < 4.78 is 5.58. The van der Waals surface area contributed by atoms with Crippen LogP contribution in [0.1, 0.15) is 38.7 Å². The fraction of sp³-hybridized carbons (Fsp3) is 0.684. The van der Waals surface area contributed by atoms with Crippen molar-refractivity contribution in [1.29, 1.82) is 0 Å². The van der Waals surface area contributed by atoms with E-state index in [0.29, 0.717) is 17.5 Å². The highest BCUT2D eigenvalue weighted by molar-refractivity contribution is 5.63. The van der Waals surface area contributed by atoms with Gasteiger partial charge in [0.15, 0.2) is 0 Å². The molecule has 0 saturated carbocycles. The van der Waals surface area contributed by atoms with Gasteiger partial charge in [-0.05, 0) is 57.8 Å². The Balaban J connectivity index is 1.56. The Morgan fingerprint density at radius 3 is 2.64 bits per heavy atom. The SMILES string of the molecule is CC(C)N1CC2(CCN([C@@H]3CCOC3)CC2)c2ccccc21. The molecule has 3 heteroatoms. The van der Waals surface area contributed by atoms with Crippen molar-refractivity contribution in [1.82, 2.24) is 4.90 Å². The van der Waals surface area contributed by atoms with Crippen LogP contribution in [0.3, 0.4) is 0 Å². The molecule has 0 bridgehead atoms. The molecule has 3 heterocycles. The summed E-state index contributed by atoms with van der Waals surface area (Å²) in [6.07, 6.45) is 3.81. The van der Waals surface area contributed by atoms with E-state index in [1.165, 1.54) is 44.6 Å². The van der Waals surface area contributed by atoms with Gasteiger partial charge in [0.25, 0.3) is 0 Å². The number of nitrogens with zero attached hydrogens (tertiary/aromatic N) is 2. The van der Waals surface area contributed by atoms with Crippen molar-refractivity contribution in [3.63, 3.8) is 0 Å². The molecule has 3 aliphatic rings. The molecule has 2 fully saturated rings. The Morgan fingerprint density at radius 2 is 1.95 bits per heavy atom. The number of hydrogen-bond donors (Lipinski definition) is 0. The number of benzene rings is 1. The van der Waals surface area contributed by atoms with E-state index in [2.05, 4.69) is 47.9 Å². The highest BCUT2D eigenvalue weighted by Gasteiger charge is 2.45. The van der Waals surface area contributed by atoms with Crippen LogP contribution in [0.4, 0.5) is 5.69 Å². The molecule has 0 amide bonds. The minimum atomic E-state index is 0.386. The number of anilines is 1. The van der Waals surface area contributed by atoms with Crippen LogP contribution < -0.4 is 4.90 Å². The number of likely N-dealkylation sites (tertiary alicyclic amines) is 1. The molecule has 1 spiro atoms. The lowest BCUT2D eigenvalue weighted by Crippen LogP contribution is -2.49. The largest absolute Gasteiger partial charge is 0.380 e. The van der Waals surface area contributed by atoms with E-state index in [4.69, 9.17) is 4.74 Å². The Labute approximate surface area is 134 Å². The fourth-order valence-electron chi connectivity index (χ4n) is 4.68. The summed E-state index contributed by atoms with van der Waals surface area (Å²) in [5, 5.41) is 0. The maximum atomic E-state index is 5.58. The summed E-state index contributed by atoms with van der Waals surface area (Å²) in [6, 6.07) is 10.4. The smallest absolute Gasteiger partial charge is 0.0622 e. The van der Waals surface area contributed by atoms with Crippen molar-refractivity contribution in [2.24, 2.45) is 0 Å². The lowest BCUT2D eigenvalue weighted by molar-refractivity contribution is 0.101.